The Bertz CT molecular complexity index is 597. The summed E-state index contributed by atoms with van der Waals surface area (Å²) in [5, 5.41) is 11.9. The fourth-order valence-corrected chi connectivity index (χ4v) is 2.04. The number of rotatable bonds is 5. The van der Waals surface area contributed by atoms with E-state index in [2.05, 4.69) is 21.2 Å². The zero-order chi connectivity index (χ0) is 13.8. The zero-order valence-electron chi connectivity index (χ0n) is 9.82. The normalized spacial score (nSPS) is 10.6. The maximum Gasteiger partial charge on any atom is 0.339 e. The highest BCUT2D eigenvalue weighted by Gasteiger charge is 2.12. The number of furan rings is 1. The minimum atomic E-state index is -1.03. The fourth-order valence-electron chi connectivity index (χ4n) is 1.66. The molecule has 0 saturated heterocycles. The average molecular weight is 328 g/mol. The molecule has 0 fully saturated rings. The number of carbonyl (C=O) groups is 1. The third-order valence-electron chi connectivity index (χ3n) is 2.58. The van der Waals surface area contributed by atoms with Crippen LogP contribution in [0.25, 0.3) is 0 Å². The molecular weight excluding hydrogens is 317 g/mol. The van der Waals surface area contributed by atoms with Crippen LogP contribution in [0.3, 0.4) is 0 Å². The van der Waals surface area contributed by atoms with Crippen LogP contribution in [0.5, 0.6) is 0 Å². The van der Waals surface area contributed by atoms with Crippen LogP contribution in [0.1, 0.15) is 21.7 Å². The van der Waals surface area contributed by atoms with Crippen molar-refractivity contribution in [2.75, 3.05) is 0 Å². The fraction of sp³-hybridized carbons (Fsp3) is 0.154. The molecule has 19 heavy (non-hydrogen) atoms. The molecule has 0 aliphatic heterocycles. The molecular formula is C13H11BrFNO3. The quantitative estimate of drug-likeness (QED) is 0.885. The first-order valence-corrected chi connectivity index (χ1v) is 6.31. The van der Waals surface area contributed by atoms with E-state index in [1.807, 2.05) is 0 Å². The second kappa shape index (κ2) is 5.99. The number of halogens is 2. The Morgan fingerprint density at radius 1 is 1.37 bits per heavy atom. The Balaban J connectivity index is 1.98. The van der Waals surface area contributed by atoms with E-state index in [1.54, 1.807) is 6.07 Å². The van der Waals surface area contributed by atoms with Gasteiger partial charge in [-0.25, -0.2) is 9.18 Å². The van der Waals surface area contributed by atoms with Gasteiger partial charge in [0.05, 0.1) is 12.8 Å². The highest BCUT2D eigenvalue weighted by molar-refractivity contribution is 9.10. The molecule has 0 unspecified atom stereocenters. The molecule has 0 saturated carbocycles. The molecule has 2 rings (SSSR count). The van der Waals surface area contributed by atoms with E-state index < -0.39 is 5.97 Å². The number of hydrogen-bond donors (Lipinski definition) is 2. The van der Waals surface area contributed by atoms with Gasteiger partial charge in [0.25, 0.3) is 0 Å². The zero-order valence-corrected chi connectivity index (χ0v) is 11.4. The monoisotopic (exact) mass is 327 g/mol. The van der Waals surface area contributed by atoms with Crippen LogP contribution >= 0.6 is 15.9 Å². The third-order valence-corrected chi connectivity index (χ3v) is 3.36. The average Bonchev–Trinajstić information content (AvgIpc) is 2.82. The van der Waals surface area contributed by atoms with Crippen molar-refractivity contribution in [3.8, 4) is 0 Å². The molecule has 0 amide bonds. The molecule has 6 heteroatoms. The van der Waals surface area contributed by atoms with Crippen LogP contribution in [-0.4, -0.2) is 11.1 Å². The van der Waals surface area contributed by atoms with Gasteiger partial charge in [-0.15, -0.1) is 0 Å². The molecule has 4 nitrogen and oxygen atoms in total. The van der Waals surface area contributed by atoms with Gasteiger partial charge >= 0.3 is 5.97 Å². The third kappa shape index (κ3) is 3.42. The van der Waals surface area contributed by atoms with Crippen LogP contribution < -0.4 is 5.32 Å². The van der Waals surface area contributed by atoms with Gasteiger partial charge in [-0.2, -0.15) is 0 Å². The van der Waals surface area contributed by atoms with Crippen molar-refractivity contribution in [1.29, 1.82) is 0 Å². The summed E-state index contributed by atoms with van der Waals surface area (Å²) in [6, 6.07) is 5.80. The molecule has 1 aromatic heterocycles. The molecule has 2 aromatic rings. The summed E-state index contributed by atoms with van der Waals surface area (Å²) >= 11 is 3.32. The topological polar surface area (TPSA) is 62.5 Å². The summed E-state index contributed by atoms with van der Waals surface area (Å²) in [6.45, 7) is 0.662. The van der Waals surface area contributed by atoms with E-state index in [0.717, 1.165) is 10.0 Å². The van der Waals surface area contributed by atoms with Crippen molar-refractivity contribution in [3.63, 3.8) is 0 Å². The Kier molecular flexibility index (Phi) is 4.34. The van der Waals surface area contributed by atoms with Gasteiger partial charge < -0.3 is 14.8 Å². The van der Waals surface area contributed by atoms with E-state index in [-0.39, 0.29) is 17.9 Å². The van der Waals surface area contributed by atoms with Gasteiger partial charge in [-0.1, -0.05) is 15.9 Å². The van der Waals surface area contributed by atoms with E-state index in [9.17, 15) is 9.18 Å². The summed E-state index contributed by atoms with van der Waals surface area (Å²) in [5.41, 5.74) is 0.884. The lowest BCUT2D eigenvalue weighted by Crippen LogP contribution is -2.14. The van der Waals surface area contributed by atoms with E-state index in [0.29, 0.717) is 12.3 Å². The molecule has 1 aromatic carbocycles. The van der Waals surface area contributed by atoms with Crippen LogP contribution in [0.2, 0.25) is 0 Å². The summed E-state index contributed by atoms with van der Waals surface area (Å²) < 4.78 is 19.0. The van der Waals surface area contributed by atoms with Gasteiger partial charge in [-0.3, -0.25) is 0 Å². The number of benzene rings is 1. The van der Waals surface area contributed by atoms with Crippen LogP contribution in [0.15, 0.2) is 39.4 Å². The summed E-state index contributed by atoms with van der Waals surface area (Å²) in [7, 11) is 0. The Morgan fingerprint density at radius 2 is 2.16 bits per heavy atom. The highest BCUT2D eigenvalue weighted by Crippen LogP contribution is 2.18. The Morgan fingerprint density at radius 3 is 2.89 bits per heavy atom. The van der Waals surface area contributed by atoms with Crippen molar-refractivity contribution in [3.05, 3.63) is 57.7 Å². The smallest absolute Gasteiger partial charge is 0.339 e. The number of carboxylic acids is 1. The molecule has 0 aliphatic carbocycles. The van der Waals surface area contributed by atoms with Gasteiger partial charge in [0.2, 0.25) is 0 Å². The minimum Gasteiger partial charge on any atom is -0.478 e. The number of nitrogens with one attached hydrogen (secondary N) is 1. The molecule has 100 valence electrons. The molecule has 0 spiro atoms. The highest BCUT2D eigenvalue weighted by atomic mass is 79.9. The second-order valence-electron chi connectivity index (χ2n) is 3.90. The molecule has 0 bridgehead atoms. The van der Waals surface area contributed by atoms with E-state index >= 15 is 0 Å². The molecule has 0 radical (unpaired) electrons. The minimum absolute atomic E-state index is 0.130. The summed E-state index contributed by atoms with van der Waals surface area (Å²) in [6.07, 6.45) is 1.33. The standard InChI is InChI=1S/C13H11BrFNO3/c14-11-2-1-9(15)5-8(11)6-16-7-12-10(13(17)18)3-4-19-12/h1-5,16H,6-7H2,(H,17,18). The Labute approximate surface area is 117 Å². The van der Waals surface area contributed by atoms with Crippen molar-refractivity contribution >= 4 is 21.9 Å². The maximum atomic E-state index is 13.1. The van der Waals surface area contributed by atoms with Crippen molar-refractivity contribution in [2.24, 2.45) is 0 Å². The van der Waals surface area contributed by atoms with E-state index in [1.165, 1.54) is 24.5 Å². The van der Waals surface area contributed by atoms with Crippen molar-refractivity contribution in [1.82, 2.24) is 5.32 Å². The van der Waals surface area contributed by atoms with Crippen LogP contribution in [-0.2, 0) is 13.1 Å². The van der Waals surface area contributed by atoms with Gasteiger partial charge in [-0.05, 0) is 29.8 Å². The van der Waals surface area contributed by atoms with Gasteiger partial charge in [0.15, 0.2) is 0 Å². The lowest BCUT2D eigenvalue weighted by Gasteiger charge is -2.06. The first-order chi connectivity index (χ1) is 9.08. The maximum absolute atomic E-state index is 13.1. The van der Waals surface area contributed by atoms with Gasteiger partial charge in [0, 0.05) is 11.0 Å². The summed E-state index contributed by atoms with van der Waals surface area (Å²) in [5.74, 6) is -0.998. The second-order valence-corrected chi connectivity index (χ2v) is 4.76. The predicted molar refractivity (Wildman–Crippen MR) is 70.3 cm³/mol. The lowest BCUT2D eigenvalue weighted by molar-refractivity contribution is 0.0694. The van der Waals surface area contributed by atoms with Crippen LogP contribution in [0.4, 0.5) is 4.39 Å². The number of aromatic carboxylic acids is 1. The van der Waals surface area contributed by atoms with Crippen molar-refractivity contribution < 1.29 is 18.7 Å². The molecule has 0 atom stereocenters. The molecule has 0 aliphatic rings. The first-order valence-electron chi connectivity index (χ1n) is 5.52. The number of carboxylic acid groups (broad SMARTS) is 1. The number of hydrogen-bond acceptors (Lipinski definition) is 3. The Hall–Kier alpha value is -1.66. The van der Waals surface area contributed by atoms with Gasteiger partial charge in [0.1, 0.15) is 17.1 Å². The van der Waals surface area contributed by atoms with Crippen LogP contribution in [0, 0.1) is 5.82 Å². The summed E-state index contributed by atoms with van der Waals surface area (Å²) in [4.78, 5) is 10.9. The predicted octanol–water partition coefficient (Wildman–Crippen LogP) is 3.17. The molecule has 1 heterocycles. The first kappa shape index (κ1) is 13.8. The molecule has 2 N–H and O–H groups in total. The largest absolute Gasteiger partial charge is 0.478 e. The van der Waals surface area contributed by atoms with E-state index in [4.69, 9.17) is 9.52 Å². The van der Waals surface area contributed by atoms with Crippen molar-refractivity contribution in [2.45, 2.75) is 13.1 Å². The SMILES string of the molecule is O=C(O)c1ccoc1CNCc1cc(F)ccc1Br. The lowest BCUT2D eigenvalue weighted by atomic mass is 10.2.